The van der Waals surface area contributed by atoms with Crippen molar-refractivity contribution >= 4 is 16.8 Å². The van der Waals surface area contributed by atoms with Crippen LogP contribution in [0.2, 0.25) is 0 Å². The molecule has 0 radical (unpaired) electrons. The van der Waals surface area contributed by atoms with Gasteiger partial charge in [0.05, 0.1) is 19.6 Å². The molecule has 1 aliphatic rings. The minimum Gasteiger partial charge on any atom is -0.490 e. The number of hydrogen-bond acceptors (Lipinski definition) is 3. The molecular weight excluding hydrogens is 352 g/mol. The van der Waals surface area contributed by atoms with E-state index in [1.807, 2.05) is 25.1 Å². The lowest BCUT2D eigenvalue weighted by Crippen LogP contribution is -2.24. The van der Waals surface area contributed by atoms with E-state index in [4.69, 9.17) is 9.47 Å². The third kappa shape index (κ3) is 3.57. The van der Waals surface area contributed by atoms with Gasteiger partial charge in [-0.15, -0.1) is 0 Å². The number of H-pyrrole nitrogens is 1. The number of aryl methyl sites for hydroxylation is 3. The number of carbonyl (C=O) groups excluding carboxylic acids is 1. The summed E-state index contributed by atoms with van der Waals surface area (Å²) < 4.78 is 11.4. The molecule has 0 unspecified atom stereocenters. The Morgan fingerprint density at radius 1 is 1.04 bits per heavy atom. The summed E-state index contributed by atoms with van der Waals surface area (Å²) in [7, 11) is 0. The Bertz CT molecular complexity index is 1040. The smallest absolute Gasteiger partial charge is 0.224 e. The monoisotopic (exact) mass is 378 g/mol. The zero-order valence-electron chi connectivity index (χ0n) is 16.6. The van der Waals surface area contributed by atoms with Crippen LogP contribution in [0.25, 0.3) is 10.9 Å². The lowest BCUT2D eigenvalue weighted by molar-refractivity contribution is -0.120. The number of nitrogens with one attached hydrogen (secondary N) is 2. The second-order valence-electron chi connectivity index (χ2n) is 7.46. The predicted octanol–water partition coefficient (Wildman–Crippen LogP) is 4.11. The molecule has 1 amide bonds. The Kier molecular flexibility index (Phi) is 4.99. The lowest BCUT2D eigenvalue weighted by atomic mass is 10.0. The molecule has 1 aromatic heterocycles. The van der Waals surface area contributed by atoms with E-state index >= 15 is 0 Å². The van der Waals surface area contributed by atoms with Gasteiger partial charge in [0.1, 0.15) is 0 Å². The topological polar surface area (TPSA) is 63.4 Å². The second-order valence-corrected chi connectivity index (χ2v) is 7.46. The van der Waals surface area contributed by atoms with Gasteiger partial charge in [0.2, 0.25) is 5.91 Å². The van der Waals surface area contributed by atoms with Crippen molar-refractivity contribution in [2.75, 3.05) is 13.2 Å². The van der Waals surface area contributed by atoms with Gasteiger partial charge in [0.15, 0.2) is 11.5 Å². The summed E-state index contributed by atoms with van der Waals surface area (Å²) in [6.45, 7) is 8.01. The van der Waals surface area contributed by atoms with Crippen molar-refractivity contribution in [3.63, 3.8) is 0 Å². The van der Waals surface area contributed by atoms with Crippen LogP contribution in [0.15, 0.2) is 30.3 Å². The van der Waals surface area contributed by atoms with Crippen LogP contribution in [0.4, 0.5) is 0 Å². The van der Waals surface area contributed by atoms with Crippen LogP contribution in [0, 0.1) is 20.8 Å². The van der Waals surface area contributed by atoms with Crippen molar-refractivity contribution < 1.29 is 14.3 Å². The fourth-order valence-electron chi connectivity index (χ4n) is 3.77. The first-order chi connectivity index (χ1) is 13.5. The highest BCUT2D eigenvalue weighted by Crippen LogP contribution is 2.31. The third-order valence-electron chi connectivity index (χ3n) is 5.33. The van der Waals surface area contributed by atoms with E-state index in [1.165, 1.54) is 16.5 Å². The number of benzene rings is 2. The summed E-state index contributed by atoms with van der Waals surface area (Å²) in [5, 5.41) is 4.21. The maximum absolute atomic E-state index is 12.6. The highest BCUT2D eigenvalue weighted by Gasteiger charge is 2.16. The average Bonchev–Trinajstić information content (AvgIpc) is 2.87. The van der Waals surface area contributed by atoms with Gasteiger partial charge in [-0.1, -0.05) is 18.2 Å². The first kappa shape index (κ1) is 18.4. The third-order valence-corrected chi connectivity index (χ3v) is 5.33. The summed E-state index contributed by atoms with van der Waals surface area (Å²) in [6.07, 6.45) is 1.24. The van der Waals surface area contributed by atoms with Gasteiger partial charge in [-0.2, -0.15) is 0 Å². The van der Waals surface area contributed by atoms with Gasteiger partial charge in [-0.3, -0.25) is 4.79 Å². The summed E-state index contributed by atoms with van der Waals surface area (Å²) in [4.78, 5) is 16.1. The van der Waals surface area contributed by atoms with Gasteiger partial charge in [-0.05, 0) is 55.2 Å². The zero-order valence-corrected chi connectivity index (χ0v) is 16.6. The molecule has 0 saturated heterocycles. The summed E-state index contributed by atoms with van der Waals surface area (Å²) in [5.74, 6) is 1.53. The zero-order chi connectivity index (χ0) is 19.7. The number of hydrogen-bond donors (Lipinski definition) is 2. The fraction of sp³-hybridized carbons (Fsp3) is 0.348. The van der Waals surface area contributed by atoms with E-state index in [2.05, 4.69) is 36.3 Å². The molecule has 1 aliphatic heterocycles. The Morgan fingerprint density at radius 2 is 1.79 bits per heavy atom. The van der Waals surface area contributed by atoms with Crippen molar-refractivity contribution in [3.8, 4) is 11.5 Å². The maximum Gasteiger partial charge on any atom is 0.224 e. The van der Waals surface area contributed by atoms with Gasteiger partial charge in [0.25, 0.3) is 0 Å². The Morgan fingerprint density at radius 3 is 2.61 bits per heavy atom. The molecule has 5 nitrogen and oxygen atoms in total. The van der Waals surface area contributed by atoms with E-state index in [0.717, 1.165) is 40.3 Å². The standard InChI is InChI=1S/C23H26N2O3/c1-14-5-6-15(2)23-22(14)18(16(3)25-23)12-21(26)24-13-17-7-8-19-20(11-17)28-10-4-9-27-19/h5-8,11,25H,4,9-10,12-13H2,1-3H3,(H,24,26). The molecule has 146 valence electrons. The van der Waals surface area contributed by atoms with E-state index in [9.17, 15) is 4.79 Å². The molecule has 0 spiro atoms. The van der Waals surface area contributed by atoms with Crippen LogP contribution >= 0.6 is 0 Å². The van der Waals surface area contributed by atoms with E-state index in [0.29, 0.717) is 26.2 Å². The second kappa shape index (κ2) is 7.58. The summed E-state index contributed by atoms with van der Waals surface area (Å²) in [6, 6.07) is 10.1. The SMILES string of the molecule is Cc1[nH]c2c(C)ccc(C)c2c1CC(=O)NCc1ccc2c(c1)OCCCO2. The number of aromatic nitrogens is 1. The van der Waals surface area contributed by atoms with Crippen LogP contribution in [0.1, 0.15) is 34.4 Å². The van der Waals surface area contributed by atoms with Gasteiger partial charge < -0.3 is 19.8 Å². The molecule has 28 heavy (non-hydrogen) atoms. The number of aromatic amines is 1. The quantitative estimate of drug-likeness (QED) is 0.718. The highest BCUT2D eigenvalue weighted by atomic mass is 16.5. The van der Waals surface area contributed by atoms with Crippen molar-refractivity contribution in [2.45, 2.75) is 40.2 Å². The Balaban J connectivity index is 1.47. The summed E-state index contributed by atoms with van der Waals surface area (Å²) in [5.41, 5.74) is 6.65. The fourth-order valence-corrected chi connectivity index (χ4v) is 3.77. The molecule has 2 heterocycles. The first-order valence-corrected chi connectivity index (χ1v) is 9.75. The van der Waals surface area contributed by atoms with Gasteiger partial charge in [0, 0.05) is 29.6 Å². The van der Waals surface area contributed by atoms with E-state index < -0.39 is 0 Å². The summed E-state index contributed by atoms with van der Waals surface area (Å²) >= 11 is 0. The van der Waals surface area contributed by atoms with Gasteiger partial charge >= 0.3 is 0 Å². The van der Waals surface area contributed by atoms with E-state index in [-0.39, 0.29) is 5.91 Å². The number of carbonyl (C=O) groups is 1. The Hall–Kier alpha value is -2.95. The van der Waals surface area contributed by atoms with E-state index in [1.54, 1.807) is 0 Å². The minimum atomic E-state index is 0.0111. The van der Waals surface area contributed by atoms with Crippen LogP contribution in [0.5, 0.6) is 11.5 Å². The minimum absolute atomic E-state index is 0.0111. The normalized spacial score (nSPS) is 13.4. The van der Waals surface area contributed by atoms with Crippen LogP contribution < -0.4 is 14.8 Å². The molecular formula is C23H26N2O3. The number of ether oxygens (including phenoxy) is 2. The predicted molar refractivity (Wildman–Crippen MR) is 110 cm³/mol. The lowest BCUT2D eigenvalue weighted by Gasteiger charge is -2.10. The number of amides is 1. The number of fused-ring (bicyclic) bond motifs is 2. The van der Waals surface area contributed by atoms with Crippen molar-refractivity contribution in [2.24, 2.45) is 0 Å². The molecule has 5 heteroatoms. The van der Waals surface area contributed by atoms with Gasteiger partial charge in [-0.25, -0.2) is 0 Å². The Labute approximate surface area is 165 Å². The van der Waals surface area contributed by atoms with Crippen LogP contribution in [-0.4, -0.2) is 24.1 Å². The molecule has 2 N–H and O–H groups in total. The van der Waals surface area contributed by atoms with Crippen molar-refractivity contribution in [1.82, 2.24) is 10.3 Å². The molecule has 4 rings (SSSR count). The van der Waals surface area contributed by atoms with Crippen LogP contribution in [0.3, 0.4) is 0 Å². The molecule has 2 aromatic carbocycles. The maximum atomic E-state index is 12.6. The van der Waals surface area contributed by atoms with Crippen LogP contribution in [-0.2, 0) is 17.8 Å². The largest absolute Gasteiger partial charge is 0.490 e. The average molecular weight is 378 g/mol. The molecule has 0 fully saturated rings. The molecule has 0 aliphatic carbocycles. The number of rotatable bonds is 4. The molecule has 0 atom stereocenters. The first-order valence-electron chi connectivity index (χ1n) is 9.75. The molecule has 3 aromatic rings. The molecule has 0 saturated carbocycles. The van der Waals surface area contributed by atoms with Crippen molar-refractivity contribution in [3.05, 3.63) is 58.3 Å². The van der Waals surface area contributed by atoms with Crippen molar-refractivity contribution in [1.29, 1.82) is 0 Å². The highest BCUT2D eigenvalue weighted by molar-refractivity contribution is 5.93. The molecule has 0 bridgehead atoms.